The standard InChI is InChI=1S/C21H34O2S/c1-2-3-4-5-6-7-8-9-10-11-12-15-18-24-20-17-14-13-16-19(20)21(22)23/h13-14,16-17H,2-12,15,18H2,1H3,(H,22,23). The second-order valence-electron chi connectivity index (χ2n) is 6.54. The third-order valence-electron chi connectivity index (χ3n) is 4.37. The summed E-state index contributed by atoms with van der Waals surface area (Å²) in [7, 11) is 0. The SMILES string of the molecule is CCCCCCCCCCCCCCSc1ccccc1C(=O)O. The smallest absolute Gasteiger partial charge is 0.336 e. The Labute approximate surface area is 152 Å². The fourth-order valence-corrected chi connectivity index (χ4v) is 3.95. The molecule has 0 fully saturated rings. The number of aromatic carboxylic acids is 1. The summed E-state index contributed by atoms with van der Waals surface area (Å²) in [5, 5.41) is 9.16. The summed E-state index contributed by atoms with van der Waals surface area (Å²) < 4.78 is 0. The third kappa shape index (κ3) is 10.0. The molecule has 0 amide bonds. The maximum absolute atomic E-state index is 11.1. The summed E-state index contributed by atoms with van der Waals surface area (Å²) in [6, 6.07) is 7.30. The zero-order valence-electron chi connectivity index (χ0n) is 15.3. The van der Waals surface area contributed by atoms with Gasteiger partial charge in [0.25, 0.3) is 0 Å². The molecule has 1 aromatic carbocycles. The molecule has 136 valence electrons. The van der Waals surface area contributed by atoms with Crippen LogP contribution in [0.2, 0.25) is 0 Å². The van der Waals surface area contributed by atoms with E-state index in [2.05, 4.69) is 6.92 Å². The van der Waals surface area contributed by atoms with Crippen molar-refractivity contribution in [1.82, 2.24) is 0 Å². The summed E-state index contributed by atoms with van der Waals surface area (Å²) in [6.45, 7) is 2.27. The van der Waals surface area contributed by atoms with Gasteiger partial charge in [-0.05, 0) is 24.3 Å². The lowest BCUT2D eigenvalue weighted by molar-refractivity contribution is 0.0693. The first kappa shape index (κ1) is 21.1. The second-order valence-corrected chi connectivity index (χ2v) is 7.68. The van der Waals surface area contributed by atoms with Gasteiger partial charge in [-0.2, -0.15) is 0 Å². The highest BCUT2D eigenvalue weighted by atomic mass is 32.2. The zero-order valence-corrected chi connectivity index (χ0v) is 16.1. The second kappa shape index (κ2) is 14.4. The minimum atomic E-state index is -0.826. The Morgan fingerprint density at radius 1 is 0.833 bits per heavy atom. The molecule has 0 unspecified atom stereocenters. The molecule has 0 saturated carbocycles. The Balaban J connectivity index is 1.93. The molecule has 0 aliphatic heterocycles. The minimum absolute atomic E-state index is 0.432. The molecule has 1 N–H and O–H groups in total. The Bertz CT molecular complexity index is 445. The van der Waals surface area contributed by atoms with Crippen molar-refractivity contribution < 1.29 is 9.90 Å². The average Bonchev–Trinajstić information content (AvgIpc) is 2.59. The van der Waals surface area contributed by atoms with E-state index in [4.69, 9.17) is 5.11 Å². The molecule has 3 heteroatoms. The molecule has 0 saturated heterocycles. The highest BCUT2D eigenvalue weighted by Gasteiger charge is 2.08. The van der Waals surface area contributed by atoms with Crippen molar-refractivity contribution in [1.29, 1.82) is 0 Å². The molecular weight excluding hydrogens is 316 g/mol. The minimum Gasteiger partial charge on any atom is -0.478 e. The van der Waals surface area contributed by atoms with E-state index in [1.807, 2.05) is 12.1 Å². The van der Waals surface area contributed by atoms with Gasteiger partial charge < -0.3 is 5.11 Å². The molecule has 2 nitrogen and oxygen atoms in total. The maximum atomic E-state index is 11.1. The molecule has 0 aromatic heterocycles. The predicted octanol–water partition coefficient (Wildman–Crippen LogP) is 7.18. The number of hydrogen-bond acceptors (Lipinski definition) is 2. The van der Waals surface area contributed by atoms with Crippen LogP contribution in [0.15, 0.2) is 29.2 Å². The van der Waals surface area contributed by atoms with Crippen LogP contribution in [0.4, 0.5) is 0 Å². The molecule has 0 heterocycles. The van der Waals surface area contributed by atoms with E-state index in [1.165, 1.54) is 77.0 Å². The van der Waals surface area contributed by atoms with Crippen molar-refractivity contribution in [2.75, 3.05) is 5.75 Å². The Hall–Kier alpha value is -0.960. The first-order valence-corrected chi connectivity index (χ1v) is 10.7. The van der Waals surface area contributed by atoms with Crippen molar-refractivity contribution >= 4 is 17.7 Å². The summed E-state index contributed by atoms with van der Waals surface area (Å²) in [4.78, 5) is 12.0. The monoisotopic (exact) mass is 350 g/mol. The van der Waals surface area contributed by atoms with Crippen LogP contribution in [-0.4, -0.2) is 16.8 Å². The van der Waals surface area contributed by atoms with E-state index < -0.39 is 5.97 Å². The van der Waals surface area contributed by atoms with Gasteiger partial charge in [-0.15, -0.1) is 11.8 Å². The molecule has 1 rings (SSSR count). The zero-order chi connectivity index (χ0) is 17.5. The lowest BCUT2D eigenvalue weighted by Crippen LogP contribution is -1.98. The highest BCUT2D eigenvalue weighted by molar-refractivity contribution is 7.99. The molecule has 0 spiro atoms. The molecular formula is C21H34O2S. The van der Waals surface area contributed by atoms with Crippen LogP contribution >= 0.6 is 11.8 Å². The van der Waals surface area contributed by atoms with Crippen molar-refractivity contribution in [2.24, 2.45) is 0 Å². The number of thioether (sulfide) groups is 1. The van der Waals surface area contributed by atoms with Gasteiger partial charge in [0.05, 0.1) is 5.56 Å². The van der Waals surface area contributed by atoms with Crippen molar-refractivity contribution in [2.45, 2.75) is 88.9 Å². The van der Waals surface area contributed by atoms with Crippen LogP contribution in [0, 0.1) is 0 Å². The number of benzene rings is 1. The number of carboxylic acid groups (broad SMARTS) is 1. The van der Waals surface area contributed by atoms with Crippen molar-refractivity contribution in [3.8, 4) is 0 Å². The number of carbonyl (C=O) groups is 1. The molecule has 24 heavy (non-hydrogen) atoms. The Morgan fingerprint density at radius 3 is 1.88 bits per heavy atom. The van der Waals surface area contributed by atoms with Gasteiger partial charge in [-0.3, -0.25) is 0 Å². The van der Waals surface area contributed by atoms with Crippen LogP contribution in [0.1, 0.15) is 94.3 Å². The van der Waals surface area contributed by atoms with E-state index in [0.717, 1.165) is 10.6 Å². The molecule has 1 aromatic rings. The quantitative estimate of drug-likeness (QED) is 0.269. The van der Waals surface area contributed by atoms with E-state index in [0.29, 0.717) is 5.56 Å². The molecule has 0 aliphatic carbocycles. The lowest BCUT2D eigenvalue weighted by Gasteiger charge is -2.05. The first-order chi connectivity index (χ1) is 11.8. The number of rotatable bonds is 15. The third-order valence-corrected chi connectivity index (χ3v) is 5.53. The van der Waals surface area contributed by atoms with E-state index in [9.17, 15) is 4.79 Å². The van der Waals surface area contributed by atoms with Crippen LogP contribution in [-0.2, 0) is 0 Å². The lowest BCUT2D eigenvalue weighted by atomic mass is 10.1. The fourth-order valence-electron chi connectivity index (χ4n) is 2.89. The average molecular weight is 351 g/mol. The van der Waals surface area contributed by atoms with Gasteiger partial charge in [-0.25, -0.2) is 4.79 Å². The molecule has 0 bridgehead atoms. The molecule has 0 radical (unpaired) electrons. The van der Waals surface area contributed by atoms with Gasteiger partial charge in [0, 0.05) is 4.90 Å². The largest absolute Gasteiger partial charge is 0.478 e. The van der Waals surface area contributed by atoms with Crippen LogP contribution < -0.4 is 0 Å². The van der Waals surface area contributed by atoms with Crippen LogP contribution in [0.3, 0.4) is 0 Å². The van der Waals surface area contributed by atoms with Gasteiger partial charge >= 0.3 is 5.97 Å². The maximum Gasteiger partial charge on any atom is 0.336 e. The predicted molar refractivity (Wildman–Crippen MR) is 105 cm³/mol. The van der Waals surface area contributed by atoms with Crippen molar-refractivity contribution in [3.63, 3.8) is 0 Å². The van der Waals surface area contributed by atoms with Gasteiger partial charge in [0.15, 0.2) is 0 Å². The summed E-state index contributed by atoms with van der Waals surface area (Å²) in [5.74, 6) is 0.189. The Morgan fingerprint density at radius 2 is 1.33 bits per heavy atom. The number of carboxylic acids is 1. The molecule has 0 aliphatic rings. The first-order valence-electron chi connectivity index (χ1n) is 9.70. The van der Waals surface area contributed by atoms with Gasteiger partial charge in [-0.1, -0.05) is 89.7 Å². The van der Waals surface area contributed by atoms with E-state index in [1.54, 1.807) is 23.9 Å². The van der Waals surface area contributed by atoms with Crippen LogP contribution in [0.25, 0.3) is 0 Å². The summed E-state index contributed by atoms with van der Waals surface area (Å²) in [5.41, 5.74) is 0.432. The fraction of sp³-hybridized carbons (Fsp3) is 0.667. The van der Waals surface area contributed by atoms with Crippen LogP contribution in [0.5, 0.6) is 0 Å². The summed E-state index contributed by atoms with van der Waals surface area (Å²) >= 11 is 1.68. The highest BCUT2D eigenvalue weighted by Crippen LogP contribution is 2.24. The normalized spacial score (nSPS) is 10.9. The van der Waals surface area contributed by atoms with E-state index in [-0.39, 0.29) is 0 Å². The van der Waals surface area contributed by atoms with E-state index >= 15 is 0 Å². The van der Waals surface area contributed by atoms with Gasteiger partial charge in [0.1, 0.15) is 0 Å². The number of unbranched alkanes of at least 4 members (excludes halogenated alkanes) is 11. The van der Waals surface area contributed by atoms with Gasteiger partial charge in [0.2, 0.25) is 0 Å². The summed E-state index contributed by atoms with van der Waals surface area (Å²) in [6.07, 6.45) is 16.3. The number of hydrogen-bond donors (Lipinski definition) is 1. The van der Waals surface area contributed by atoms with Crippen molar-refractivity contribution in [3.05, 3.63) is 29.8 Å². The molecule has 0 atom stereocenters. The topological polar surface area (TPSA) is 37.3 Å². The Kier molecular flexibility index (Phi) is 12.6.